The van der Waals surface area contributed by atoms with Crippen LogP contribution in [0.3, 0.4) is 0 Å². The fourth-order valence-electron chi connectivity index (χ4n) is 0.778. The Morgan fingerprint density at radius 3 is 2.21 bits per heavy atom. The fourth-order valence-corrected chi connectivity index (χ4v) is 0.778. The van der Waals surface area contributed by atoms with Crippen molar-refractivity contribution < 1.29 is 4.79 Å². The first kappa shape index (κ1) is 12.7. The molecule has 0 spiro atoms. The summed E-state index contributed by atoms with van der Waals surface area (Å²) in [4.78, 5) is 11.1. The number of hydrogen-bond acceptors (Lipinski definition) is 2. The number of nitrogens with one attached hydrogen (secondary N) is 1. The van der Waals surface area contributed by atoms with Crippen LogP contribution in [0.5, 0.6) is 0 Å². The van der Waals surface area contributed by atoms with Crippen LogP contribution in [0.2, 0.25) is 0 Å². The average molecular weight is 194 g/mol. The highest BCUT2D eigenvalue weighted by Gasteiger charge is 2.05. The summed E-state index contributed by atoms with van der Waals surface area (Å²) in [6.07, 6.45) is 0. The molecule has 1 aromatic rings. The second kappa shape index (κ2) is 7.09. The summed E-state index contributed by atoms with van der Waals surface area (Å²) < 4.78 is 0. The number of hydrogen-bond donors (Lipinski definition) is 2. The zero-order valence-corrected chi connectivity index (χ0v) is 8.95. The topological polar surface area (TPSA) is 55.1 Å². The number of nitrogens with two attached hydrogens (primary N) is 1. The predicted octanol–water partition coefficient (Wildman–Crippen LogP) is 2.00. The monoisotopic (exact) mass is 194 g/mol. The lowest BCUT2D eigenvalue weighted by Crippen LogP contribution is -2.32. The lowest BCUT2D eigenvalue weighted by atomic mass is 10.3. The van der Waals surface area contributed by atoms with Gasteiger partial charge in [-0.1, -0.05) is 32.0 Å². The molecule has 0 fully saturated rings. The minimum absolute atomic E-state index is 0.166. The summed E-state index contributed by atoms with van der Waals surface area (Å²) in [6.45, 7) is 5.65. The van der Waals surface area contributed by atoms with Gasteiger partial charge >= 0.3 is 0 Å². The third-order valence-corrected chi connectivity index (χ3v) is 1.45. The Kier molecular flexibility index (Phi) is 6.41. The van der Waals surface area contributed by atoms with E-state index in [-0.39, 0.29) is 5.91 Å². The molecule has 0 bridgehead atoms. The highest BCUT2D eigenvalue weighted by molar-refractivity contribution is 5.94. The van der Waals surface area contributed by atoms with E-state index in [0.29, 0.717) is 0 Å². The summed E-state index contributed by atoms with van der Waals surface area (Å²) in [7, 11) is 0. The van der Waals surface area contributed by atoms with Crippen LogP contribution in [0, 0.1) is 0 Å². The Balaban J connectivity index is 0.000000791. The molecule has 0 aliphatic carbocycles. The Hall–Kier alpha value is -1.35. The number of para-hydroxylation sites is 1. The van der Waals surface area contributed by atoms with Crippen LogP contribution in [0.1, 0.15) is 20.8 Å². The average Bonchev–Trinajstić information content (AvgIpc) is 2.22. The van der Waals surface area contributed by atoms with Crippen molar-refractivity contribution in [2.45, 2.75) is 26.8 Å². The number of anilines is 1. The smallest absolute Gasteiger partial charge is 0.240 e. The van der Waals surface area contributed by atoms with Gasteiger partial charge in [0.15, 0.2) is 0 Å². The summed E-state index contributed by atoms with van der Waals surface area (Å²) in [5, 5.41) is 2.68. The van der Waals surface area contributed by atoms with Crippen LogP contribution >= 0.6 is 0 Å². The van der Waals surface area contributed by atoms with Crippen molar-refractivity contribution in [3.05, 3.63) is 30.3 Å². The molecule has 1 aromatic carbocycles. The molecule has 0 saturated carbocycles. The largest absolute Gasteiger partial charge is 0.325 e. The van der Waals surface area contributed by atoms with Gasteiger partial charge in [0, 0.05) is 5.69 Å². The molecule has 0 saturated heterocycles. The minimum atomic E-state index is -0.467. The summed E-state index contributed by atoms with van der Waals surface area (Å²) >= 11 is 0. The molecule has 0 aromatic heterocycles. The van der Waals surface area contributed by atoms with E-state index in [4.69, 9.17) is 5.73 Å². The first-order valence-corrected chi connectivity index (χ1v) is 4.81. The van der Waals surface area contributed by atoms with Gasteiger partial charge in [-0.15, -0.1) is 0 Å². The lowest BCUT2D eigenvalue weighted by molar-refractivity contribution is -0.117. The van der Waals surface area contributed by atoms with Gasteiger partial charge in [0.25, 0.3) is 0 Å². The van der Waals surface area contributed by atoms with E-state index in [0.717, 1.165) is 5.69 Å². The van der Waals surface area contributed by atoms with Crippen LogP contribution in [-0.2, 0) is 4.79 Å². The number of carbonyl (C=O) groups excluding carboxylic acids is 1. The van der Waals surface area contributed by atoms with Crippen LogP contribution in [-0.4, -0.2) is 11.9 Å². The molecule has 0 unspecified atom stereocenters. The van der Waals surface area contributed by atoms with E-state index < -0.39 is 6.04 Å². The summed E-state index contributed by atoms with van der Waals surface area (Å²) in [5.74, 6) is -0.166. The third-order valence-electron chi connectivity index (χ3n) is 1.45. The minimum Gasteiger partial charge on any atom is -0.325 e. The molecule has 1 amide bonds. The normalized spacial score (nSPS) is 10.9. The third kappa shape index (κ3) is 4.62. The predicted molar refractivity (Wildman–Crippen MR) is 60.1 cm³/mol. The highest BCUT2D eigenvalue weighted by Crippen LogP contribution is 2.04. The highest BCUT2D eigenvalue weighted by atomic mass is 16.2. The van der Waals surface area contributed by atoms with Crippen molar-refractivity contribution in [2.24, 2.45) is 5.73 Å². The quantitative estimate of drug-likeness (QED) is 0.756. The summed E-state index contributed by atoms with van der Waals surface area (Å²) in [5.41, 5.74) is 6.15. The van der Waals surface area contributed by atoms with Crippen molar-refractivity contribution in [1.82, 2.24) is 0 Å². The standard InChI is InChI=1S/C9H12N2O.C2H6/c1-7(10)9(12)11-8-5-3-2-4-6-8;1-2/h2-7H,10H2,1H3,(H,11,12);1-2H3/t7-;/m0./s1. The molecule has 14 heavy (non-hydrogen) atoms. The Labute approximate surface area is 85.3 Å². The Morgan fingerprint density at radius 1 is 1.29 bits per heavy atom. The van der Waals surface area contributed by atoms with E-state index in [1.54, 1.807) is 6.92 Å². The maximum atomic E-state index is 11.1. The maximum Gasteiger partial charge on any atom is 0.240 e. The first-order chi connectivity index (χ1) is 6.70. The molecule has 0 aliphatic rings. The van der Waals surface area contributed by atoms with E-state index in [2.05, 4.69) is 5.32 Å². The summed E-state index contributed by atoms with van der Waals surface area (Å²) in [6, 6.07) is 8.78. The second-order valence-corrected chi connectivity index (χ2v) is 2.64. The van der Waals surface area contributed by atoms with E-state index in [1.165, 1.54) is 0 Å². The SMILES string of the molecule is CC.C[C@H](N)C(=O)Nc1ccccc1. The lowest BCUT2D eigenvalue weighted by Gasteiger charge is -2.06. The molecule has 3 heteroatoms. The fraction of sp³-hybridized carbons (Fsp3) is 0.364. The van der Waals surface area contributed by atoms with Gasteiger partial charge in [0.05, 0.1) is 6.04 Å². The van der Waals surface area contributed by atoms with Gasteiger partial charge in [-0.3, -0.25) is 4.79 Å². The Bertz CT molecular complexity index is 257. The first-order valence-electron chi connectivity index (χ1n) is 4.81. The van der Waals surface area contributed by atoms with Gasteiger partial charge < -0.3 is 11.1 Å². The molecule has 3 N–H and O–H groups in total. The molecule has 0 heterocycles. The van der Waals surface area contributed by atoms with Crippen molar-refractivity contribution in [1.29, 1.82) is 0 Å². The van der Waals surface area contributed by atoms with E-state index in [1.807, 2.05) is 44.2 Å². The van der Waals surface area contributed by atoms with Gasteiger partial charge in [-0.05, 0) is 19.1 Å². The number of amides is 1. The molecule has 1 atom stereocenters. The molecule has 3 nitrogen and oxygen atoms in total. The zero-order chi connectivity index (χ0) is 11.0. The number of rotatable bonds is 2. The molecule has 0 aliphatic heterocycles. The zero-order valence-electron chi connectivity index (χ0n) is 8.95. The Morgan fingerprint density at radius 2 is 1.79 bits per heavy atom. The second-order valence-electron chi connectivity index (χ2n) is 2.64. The molecule has 1 rings (SSSR count). The maximum absolute atomic E-state index is 11.1. The molecular weight excluding hydrogens is 176 g/mol. The van der Waals surface area contributed by atoms with Gasteiger partial charge in [-0.2, -0.15) is 0 Å². The van der Waals surface area contributed by atoms with Crippen molar-refractivity contribution >= 4 is 11.6 Å². The van der Waals surface area contributed by atoms with Crippen molar-refractivity contribution in [3.63, 3.8) is 0 Å². The van der Waals surface area contributed by atoms with Crippen LogP contribution in [0.15, 0.2) is 30.3 Å². The van der Waals surface area contributed by atoms with Crippen molar-refractivity contribution in [2.75, 3.05) is 5.32 Å². The molecular formula is C11H18N2O. The van der Waals surface area contributed by atoms with E-state index >= 15 is 0 Å². The van der Waals surface area contributed by atoms with Gasteiger partial charge in [0.1, 0.15) is 0 Å². The number of benzene rings is 1. The van der Waals surface area contributed by atoms with Gasteiger partial charge in [0.2, 0.25) is 5.91 Å². The molecule has 0 radical (unpaired) electrons. The van der Waals surface area contributed by atoms with E-state index in [9.17, 15) is 4.79 Å². The van der Waals surface area contributed by atoms with Crippen LogP contribution in [0.25, 0.3) is 0 Å². The van der Waals surface area contributed by atoms with Crippen LogP contribution < -0.4 is 11.1 Å². The van der Waals surface area contributed by atoms with Crippen molar-refractivity contribution in [3.8, 4) is 0 Å². The molecule has 78 valence electrons. The van der Waals surface area contributed by atoms with Crippen LogP contribution in [0.4, 0.5) is 5.69 Å². The van der Waals surface area contributed by atoms with Gasteiger partial charge in [-0.25, -0.2) is 0 Å². The number of carbonyl (C=O) groups is 1.